The van der Waals surface area contributed by atoms with Crippen LogP contribution in [-0.2, 0) is 6.42 Å². The van der Waals surface area contributed by atoms with Crippen LogP contribution < -0.4 is 11.3 Å². The highest BCUT2D eigenvalue weighted by molar-refractivity contribution is 6.33. The Morgan fingerprint density at radius 1 is 1.30 bits per heavy atom. The number of hydrogen-bond acceptors (Lipinski definition) is 4. The molecule has 1 aromatic carbocycles. The van der Waals surface area contributed by atoms with Gasteiger partial charge in [-0.2, -0.15) is 0 Å². The Hall–Kier alpha value is -1.72. The molecule has 0 aliphatic carbocycles. The van der Waals surface area contributed by atoms with Crippen molar-refractivity contribution in [1.82, 2.24) is 9.97 Å². The van der Waals surface area contributed by atoms with Crippen LogP contribution in [0.2, 0.25) is 5.02 Å². The normalized spacial score (nSPS) is 10.9. The second-order valence-electron chi connectivity index (χ2n) is 4.93. The monoisotopic (exact) mass is 294 g/mol. The molecule has 0 aliphatic heterocycles. The zero-order chi connectivity index (χ0) is 14.7. The molecule has 3 N–H and O–H groups in total. The van der Waals surface area contributed by atoms with Gasteiger partial charge in [-0.3, -0.25) is 0 Å². The first kappa shape index (κ1) is 14.7. The van der Waals surface area contributed by atoms with Gasteiger partial charge in [0.1, 0.15) is 11.6 Å². The van der Waals surface area contributed by atoms with E-state index in [0.29, 0.717) is 23.1 Å². The second-order valence-corrected chi connectivity index (χ2v) is 5.34. The number of aromatic nitrogens is 2. The van der Waals surface area contributed by atoms with Gasteiger partial charge in [0.15, 0.2) is 5.82 Å². The molecule has 0 unspecified atom stereocenters. The van der Waals surface area contributed by atoms with Crippen molar-refractivity contribution in [2.75, 3.05) is 5.43 Å². The van der Waals surface area contributed by atoms with Gasteiger partial charge < -0.3 is 5.43 Å². The molecule has 0 radical (unpaired) electrons. The number of nitrogen functional groups attached to an aromatic ring is 1. The van der Waals surface area contributed by atoms with Crippen molar-refractivity contribution < 1.29 is 4.39 Å². The Labute approximate surface area is 122 Å². The predicted molar refractivity (Wildman–Crippen MR) is 78.8 cm³/mol. The standard InChI is InChI=1S/C14H16ClFN4/c1-8(2)5-10-7-13(20-17)19-14(18-10)11-4-3-9(16)6-12(11)15/h3-4,6-8H,5,17H2,1-2H3,(H,18,19,20). The summed E-state index contributed by atoms with van der Waals surface area (Å²) in [5.41, 5.74) is 3.95. The van der Waals surface area contributed by atoms with E-state index >= 15 is 0 Å². The molecule has 2 rings (SSSR count). The SMILES string of the molecule is CC(C)Cc1cc(NN)nc(-c2ccc(F)cc2Cl)n1. The highest BCUT2D eigenvalue weighted by atomic mass is 35.5. The van der Waals surface area contributed by atoms with E-state index in [1.54, 1.807) is 12.1 Å². The van der Waals surface area contributed by atoms with Gasteiger partial charge in [-0.25, -0.2) is 20.2 Å². The zero-order valence-corrected chi connectivity index (χ0v) is 12.1. The first-order valence-electron chi connectivity index (χ1n) is 6.29. The van der Waals surface area contributed by atoms with Gasteiger partial charge in [-0.15, -0.1) is 0 Å². The third-order valence-electron chi connectivity index (χ3n) is 2.72. The van der Waals surface area contributed by atoms with Crippen LogP contribution in [0.15, 0.2) is 24.3 Å². The highest BCUT2D eigenvalue weighted by Crippen LogP contribution is 2.27. The minimum Gasteiger partial charge on any atom is -0.308 e. The number of rotatable bonds is 4. The van der Waals surface area contributed by atoms with Crippen molar-refractivity contribution >= 4 is 17.4 Å². The smallest absolute Gasteiger partial charge is 0.163 e. The first-order valence-corrected chi connectivity index (χ1v) is 6.67. The Bertz CT molecular complexity index is 616. The van der Waals surface area contributed by atoms with Crippen LogP contribution >= 0.6 is 11.6 Å². The zero-order valence-electron chi connectivity index (χ0n) is 11.3. The Kier molecular flexibility index (Phi) is 4.52. The molecule has 20 heavy (non-hydrogen) atoms. The fraction of sp³-hybridized carbons (Fsp3) is 0.286. The van der Waals surface area contributed by atoms with Crippen LogP contribution in [0.5, 0.6) is 0 Å². The molecule has 0 aliphatic rings. The quantitative estimate of drug-likeness (QED) is 0.670. The summed E-state index contributed by atoms with van der Waals surface area (Å²) in [6, 6.07) is 5.92. The molecular weight excluding hydrogens is 279 g/mol. The number of halogens is 2. The fourth-order valence-electron chi connectivity index (χ4n) is 1.89. The van der Waals surface area contributed by atoms with Crippen molar-refractivity contribution in [3.63, 3.8) is 0 Å². The molecule has 106 valence electrons. The van der Waals surface area contributed by atoms with Gasteiger partial charge in [0.2, 0.25) is 0 Å². The molecule has 2 aromatic rings. The molecule has 0 saturated heterocycles. The molecule has 0 atom stereocenters. The number of nitrogens with zero attached hydrogens (tertiary/aromatic N) is 2. The van der Waals surface area contributed by atoms with Gasteiger partial charge in [0.25, 0.3) is 0 Å². The molecule has 0 amide bonds. The van der Waals surface area contributed by atoms with E-state index in [0.717, 1.165) is 12.1 Å². The lowest BCUT2D eigenvalue weighted by atomic mass is 10.1. The van der Waals surface area contributed by atoms with Crippen molar-refractivity contribution in [2.24, 2.45) is 11.8 Å². The van der Waals surface area contributed by atoms with Crippen molar-refractivity contribution in [3.05, 3.63) is 40.8 Å². The van der Waals surface area contributed by atoms with E-state index < -0.39 is 5.82 Å². The lowest BCUT2D eigenvalue weighted by molar-refractivity contribution is 0.628. The van der Waals surface area contributed by atoms with Crippen LogP contribution in [0, 0.1) is 11.7 Å². The van der Waals surface area contributed by atoms with Crippen molar-refractivity contribution in [1.29, 1.82) is 0 Å². The molecule has 6 heteroatoms. The van der Waals surface area contributed by atoms with Gasteiger partial charge in [-0.05, 0) is 30.5 Å². The third-order valence-corrected chi connectivity index (χ3v) is 3.03. The molecule has 1 aromatic heterocycles. The molecule has 0 saturated carbocycles. The van der Waals surface area contributed by atoms with Gasteiger partial charge >= 0.3 is 0 Å². The van der Waals surface area contributed by atoms with Crippen LogP contribution in [0.1, 0.15) is 19.5 Å². The van der Waals surface area contributed by atoms with E-state index in [1.807, 2.05) is 0 Å². The van der Waals surface area contributed by atoms with Crippen LogP contribution in [0.25, 0.3) is 11.4 Å². The largest absolute Gasteiger partial charge is 0.308 e. The maximum Gasteiger partial charge on any atom is 0.163 e. The molecular formula is C14H16ClFN4. The average Bonchev–Trinajstić information content (AvgIpc) is 2.37. The summed E-state index contributed by atoms with van der Waals surface area (Å²) in [4.78, 5) is 8.73. The Morgan fingerprint density at radius 2 is 2.05 bits per heavy atom. The minimum absolute atomic E-state index is 0.273. The third kappa shape index (κ3) is 3.43. The maximum atomic E-state index is 13.1. The van der Waals surface area contributed by atoms with Crippen LogP contribution in [0.4, 0.5) is 10.2 Å². The summed E-state index contributed by atoms with van der Waals surface area (Å²) in [6.07, 6.45) is 0.795. The van der Waals surface area contributed by atoms with Crippen molar-refractivity contribution in [3.8, 4) is 11.4 Å². The number of nitrogens with two attached hydrogens (primary N) is 1. The molecule has 1 heterocycles. The van der Waals surface area contributed by atoms with Crippen molar-refractivity contribution in [2.45, 2.75) is 20.3 Å². The summed E-state index contributed by atoms with van der Waals surface area (Å²) in [6.45, 7) is 4.20. The fourth-order valence-corrected chi connectivity index (χ4v) is 2.14. The number of hydrogen-bond donors (Lipinski definition) is 2. The summed E-state index contributed by atoms with van der Waals surface area (Å²) in [7, 11) is 0. The van der Waals surface area contributed by atoms with E-state index in [9.17, 15) is 4.39 Å². The van der Waals surface area contributed by atoms with Gasteiger partial charge in [-0.1, -0.05) is 25.4 Å². The summed E-state index contributed by atoms with van der Waals surface area (Å²) in [5.74, 6) is 6.42. The lowest BCUT2D eigenvalue weighted by Gasteiger charge is -2.10. The maximum absolute atomic E-state index is 13.1. The predicted octanol–water partition coefficient (Wildman–Crippen LogP) is 3.42. The van der Waals surface area contributed by atoms with E-state index in [1.165, 1.54) is 12.1 Å². The average molecular weight is 295 g/mol. The molecule has 0 spiro atoms. The number of anilines is 1. The molecule has 4 nitrogen and oxygen atoms in total. The minimum atomic E-state index is -0.394. The molecule has 0 bridgehead atoms. The lowest BCUT2D eigenvalue weighted by Crippen LogP contribution is -2.11. The van der Waals surface area contributed by atoms with E-state index in [2.05, 4.69) is 29.2 Å². The highest BCUT2D eigenvalue weighted by Gasteiger charge is 2.11. The Balaban J connectivity index is 2.49. The first-order chi connectivity index (χ1) is 9.49. The van der Waals surface area contributed by atoms with Crippen LogP contribution in [0.3, 0.4) is 0 Å². The summed E-state index contributed by atoms with van der Waals surface area (Å²) >= 11 is 6.05. The topological polar surface area (TPSA) is 63.8 Å². The number of hydrazine groups is 1. The van der Waals surface area contributed by atoms with Crippen LogP contribution in [-0.4, -0.2) is 9.97 Å². The van der Waals surface area contributed by atoms with E-state index in [4.69, 9.17) is 17.4 Å². The molecule has 0 fully saturated rings. The van der Waals surface area contributed by atoms with E-state index in [-0.39, 0.29) is 5.02 Å². The Morgan fingerprint density at radius 3 is 2.65 bits per heavy atom. The van der Waals surface area contributed by atoms with Gasteiger partial charge in [0, 0.05) is 17.3 Å². The summed E-state index contributed by atoms with van der Waals surface area (Å²) in [5, 5.41) is 0.273. The van der Waals surface area contributed by atoms with Gasteiger partial charge in [0.05, 0.1) is 5.02 Å². The number of benzene rings is 1. The second kappa shape index (κ2) is 6.15. The summed E-state index contributed by atoms with van der Waals surface area (Å²) < 4.78 is 13.1. The number of nitrogens with one attached hydrogen (secondary N) is 1.